The molecule has 1 aromatic carbocycles. The Morgan fingerprint density at radius 1 is 1.11 bits per heavy atom. The second-order valence-corrected chi connectivity index (χ2v) is 4.94. The topological polar surface area (TPSA) is 114 Å². The summed E-state index contributed by atoms with van der Waals surface area (Å²) in [5, 5.41) is 20.7. The largest absolute Gasteiger partial charge is 1.00 e. The van der Waals surface area contributed by atoms with Crippen molar-refractivity contribution in [1.29, 1.82) is 0 Å². The Morgan fingerprint density at radius 3 is 2.11 bits per heavy atom. The van der Waals surface area contributed by atoms with Gasteiger partial charge in [-0.05, 0) is 17.7 Å². The van der Waals surface area contributed by atoms with Crippen molar-refractivity contribution in [3.05, 3.63) is 29.8 Å². The average Bonchev–Trinajstić information content (AvgIpc) is 2.16. The van der Waals surface area contributed by atoms with Gasteiger partial charge in [0.25, 0.3) is 0 Å². The molecule has 0 fully saturated rings. The number of rotatable bonds is 4. The standard InChI is InChI=1S/C9H8O6S.2Na/c10-8(11)5-16(14,15)7-3-1-2-6(4-7)9(12)13;;/h1-4H,5H2,(H,10,11)(H,12,13);;/q;2*+1/p-2. The van der Waals surface area contributed by atoms with E-state index in [2.05, 4.69) is 0 Å². The number of carboxylic acid groups (broad SMARTS) is 2. The molecule has 6 nitrogen and oxygen atoms in total. The summed E-state index contributed by atoms with van der Waals surface area (Å²) in [6, 6.07) is 4.28. The predicted molar refractivity (Wildman–Crippen MR) is 47.8 cm³/mol. The summed E-state index contributed by atoms with van der Waals surface area (Å²) in [5.74, 6) is -4.48. The molecule has 0 aliphatic heterocycles. The van der Waals surface area contributed by atoms with E-state index in [1.807, 2.05) is 0 Å². The molecule has 18 heavy (non-hydrogen) atoms. The Bertz CT molecular complexity index is 540. The summed E-state index contributed by atoms with van der Waals surface area (Å²) in [5.41, 5.74) is -0.334. The van der Waals surface area contributed by atoms with E-state index in [9.17, 15) is 28.2 Å². The summed E-state index contributed by atoms with van der Waals surface area (Å²) in [4.78, 5) is 20.3. The molecule has 0 amide bonds. The fraction of sp³-hybridized carbons (Fsp3) is 0.111. The van der Waals surface area contributed by atoms with Crippen molar-refractivity contribution < 1.29 is 87.3 Å². The van der Waals surface area contributed by atoms with E-state index in [1.54, 1.807) is 0 Å². The summed E-state index contributed by atoms with van der Waals surface area (Å²) >= 11 is 0. The van der Waals surface area contributed by atoms with Gasteiger partial charge in [0, 0.05) is 0 Å². The van der Waals surface area contributed by atoms with Crippen LogP contribution in [0.1, 0.15) is 10.4 Å². The van der Waals surface area contributed by atoms with Gasteiger partial charge in [0.05, 0.1) is 22.6 Å². The van der Waals surface area contributed by atoms with Gasteiger partial charge in [0.15, 0.2) is 9.84 Å². The van der Waals surface area contributed by atoms with Gasteiger partial charge in [-0.2, -0.15) is 0 Å². The van der Waals surface area contributed by atoms with Crippen LogP contribution < -0.4 is 69.3 Å². The molecule has 0 N–H and O–H groups in total. The Morgan fingerprint density at radius 2 is 1.67 bits per heavy atom. The molecule has 0 spiro atoms. The van der Waals surface area contributed by atoms with Gasteiger partial charge in [0.1, 0.15) is 0 Å². The van der Waals surface area contributed by atoms with Crippen molar-refractivity contribution in [3.8, 4) is 0 Å². The number of aliphatic carboxylic acids is 1. The maximum absolute atomic E-state index is 11.4. The second-order valence-electron chi connectivity index (χ2n) is 2.95. The Labute approximate surface area is 148 Å². The van der Waals surface area contributed by atoms with Crippen LogP contribution in [-0.4, -0.2) is 26.1 Å². The van der Waals surface area contributed by atoms with Gasteiger partial charge >= 0.3 is 59.1 Å². The summed E-state index contributed by atoms with van der Waals surface area (Å²) in [6.45, 7) is 0. The van der Waals surface area contributed by atoms with E-state index in [4.69, 9.17) is 0 Å². The molecule has 0 aliphatic rings. The van der Waals surface area contributed by atoms with Crippen molar-refractivity contribution in [2.75, 3.05) is 5.75 Å². The molecule has 0 radical (unpaired) electrons. The Balaban J connectivity index is 0. The van der Waals surface area contributed by atoms with Crippen LogP contribution in [0, 0.1) is 0 Å². The molecular formula is C9H6Na2O6S. The van der Waals surface area contributed by atoms with Crippen molar-refractivity contribution in [1.82, 2.24) is 0 Å². The van der Waals surface area contributed by atoms with E-state index in [-0.39, 0.29) is 64.7 Å². The minimum Gasteiger partial charge on any atom is -0.549 e. The fourth-order valence-electron chi connectivity index (χ4n) is 1.06. The number of hydrogen-bond acceptors (Lipinski definition) is 6. The molecule has 0 aromatic heterocycles. The van der Waals surface area contributed by atoms with E-state index >= 15 is 0 Å². The van der Waals surface area contributed by atoms with E-state index < -0.39 is 32.4 Å². The number of aromatic carboxylic acids is 1. The molecular weight excluding hydrogens is 282 g/mol. The van der Waals surface area contributed by atoms with Crippen LogP contribution in [0.25, 0.3) is 0 Å². The number of benzene rings is 1. The van der Waals surface area contributed by atoms with E-state index in [0.717, 1.165) is 18.2 Å². The number of hydrogen-bond donors (Lipinski definition) is 0. The molecule has 0 saturated carbocycles. The van der Waals surface area contributed by atoms with Crippen molar-refractivity contribution in [3.63, 3.8) is 0 Å². The predicted octanol–water partition coefficient (Wildman–Crippen LogP) is -8.42. The van der Waals surface area contributed by atoms with Crippen LogP contribution in [0.4, 0.5) is 0 Å². The SMILES string of the molecule is O=C([O-])CS(=O)(=O)c1cccc(C(=O)[O-])c1.[Na+].[Na+]. The zero-order valence-corrected chi connectivity index (χ0v) is 14.7. The van der Waals surface area contributed by atoms with Gasteiger partial charge in [-0.3, -0.25) is 0 Å². The Kier molecular flexibility index (Phi) is 9.44. The molecule has 1 aromatic rings. The van der Waals surface area contributed by atoms with Crippen molar-refractivity contribution in [2.45, 2.75) is 4.90 Å². The molecule has 0 bridgehead atoms. The van der Waals surface area contributed by atoms with Crippen LogP contribution in [0.3, 0.4) is 0 Å². The monoisotopic (exact) mass is 288 g/mol. The van der Waals surface area contributed by atoms with Gasteiger partial charge in [0.2, 0.25) is 0 Å². The Hall–Kier alpha value is 0.110. The van der Waals surface area contributed by atoms with E-state index in [0.29, 0.717) is 0 Å². The first kappa shape index (κ1) is 20.4. The number of carboxylic acids is 2. The molecule has 0 atom stereocenters. The smallest absolute Gasteiger partial charge is 0.549 e. The van der Waals surface area contributed by atoms with Crippen LogP contribution >= 0.6 is 0 Å². The van der Waals surface area contributed by atoms with E-state index in [1.165, 1.54) is 6.07 Å². The van der Waals surface area contributed by atoms with Crippen LogP contribution in [0.2, 0.25) is 0 Å². The van der Waals surface area contributed by atoms with Crippen molar-refractivity contribution >= 4 is 21.8 Å². The third kappa shape index (κ3) is 5.83. The maximum Gasteiger partial charge on any atom is 1.00 e. The normalized spacial score (nSPS) is 9.78. The average molecular weight is 288 g/mol. The quantitative estimate of drug-likeness (QED) is 0.508. The van der Waals surface area contributed by atoms with Gasteiger partial charge < -0.3 is 19.8 Å². The maximum atomic E-state index is 11.4. The molecule has 86 valence electrons. The fourth-order valence-corrected chi connectivity index (χ4v) is 2.12. The van der Waals surface area contributed by atoms with Crippen LogP contribution in [-0.2, 0) is 14.6 Å². The molecule has 9 heteroatoms. The summed E-state index contributed by atoms with van der Waals surface area (Å²) < 4.78 is 22.8. The minimum atomic E-state index is -4.07. The molecule has 0 heterocycles. The minimum absolute atomic E-state index is 0. The zero-order chi connectivity index (χ0) is 12.3. The molecule has 1 rings (SSSR count). The zero-order valence-electron chi connectivity index (χ0n) is 9.87. The molecule has 0 aliphatic carbocycles. The first-order valence-electron chi connectivity index (χ1n) is 4.07. The van der Waals surface area contributed by atoms with Crippen LogP contribution in [0.5, 0.6) is 0 Å². The number of carbonyl (C=O) groups excluding carboxylic acids is 2. The van der Waals surface area contributed by atoms with Crippen LogP contribution in [0.15, 0.2) is 29.2 Å². The van der Waals surface area contributed by atoms with Gasteiger partial charge in [-0.25, -0.2) is 8.42 Å². The second kappa shape index (κ2) is 8.31. The van der Waals surface area contributed by atoms with Gasteiger partial charge in [-0.15, -0.1) is 0 Å². The first-order valence-corrected chi connectivity index (χ1v) is 5.72. The summed E-state index contributed by atoms with van der Waals surface area (Å²) in [7, 11) is -4.07. The third-order valence-electron chi connectivity index (χ3n) is 1.74. The van der Waals surface area contributed by atoms with Gasteiger partial charge in [-0.1, -0.05) is 12.1 Å². The van der Waals surface area contributed by atoms with Crippen molar-refractivity contribution in [2.24, 2.45) is 0 Å². The first-order chi connectivity index (χ1) is 7.33. The third-order valence-corrected chi connectivity index (χ3v) is 3.32. The number of sulfone groups is 1. The molecule has 0 saturated heterocycles. The number of carbonyl (C=O) groups is 2. The summed E-state index contributed by atoms with van der Waals surface area (Å²) in [6.07, 6.45) is 0. The molecule has 0 unspecified atom stereocenters.